The minimum Gasteiger partial charge on any atom is -0.383 e. The number of halogens is 2. The second kappa shape index (κ2) is 4.96. The molecule has 102 valence electrons. The Morgan fingerprint density at radius 1 is 1.10 bits per heavy atom. The van der Waals surface area contributed by atoms with Crippen molar-refractivity contribution < 1.29 is 13.9 Å². The Balaban J connectivity index is 2.13. The van der Waals surface area contributed by atoms with Gasteiger partial charge < -0.3 is 5.11 Å². The molecule has 4 heteroatoms. The normalized spacial score (nSPS) is 12.8. The topological polar surface area (TPSA) is 20.2 Å². The highest BCUT2D eigenvalue weighted by atomic mass is 32.1. The molecule has 1 nitrogen and oxygen atoms in total. The van der Waals surface area contributed by atoms with Gasteiger partial charge in [0, 0.05) is 9.58 Å². The summed E-state index contributed by atoms with van der Waals surface area (Å²) in [4.78, 5) is 0.537. The summed E-state index contributed by atoms with van der Waals surface area (Å²) in [6, 6.07) is 11.9. The molecule has 1 atom stereocenters. The predicted octanol–water partition coefficient (Wildman–Crippen LogP) is 4.57. The number of benzene rings is 2. The molecule has 0 aliphatic rings. The van der Waals surface area contributed by atoms with Crippen molar-refractivity contribution in [1.82, 2.24) is 0 Å². The molecule has 0 fully saturated rings. The molecule has 3 rings (SSSR count). The molecule has 0 saturated carbocycles. The number of hydrogen-bond acceptors (Lipinski definition) is 2. The molecule has 0 radical (unpaired) electrons. The van der Waals surface area contributed by atoms with Crippen LogP contribution in [0.25, 0.3) is 10.1 Å². The van der Waals surface area contributed by atoms with Crippen LogP contribution >= 0.6 is 11.3 Å². The van der Waals surface area contributed by atoms with Crippen LogP contribution in [0.3, 0.4) is 0 Å². The van der Waals surface area contributed by atoms with Crippen molar-refractivity contribution in [1.29, 1.82) is 0 Å². The summed E-state index contributed by atoms with van der Waals surface area (Å²) in [6.07, 6.45) is -1.28. The first-order valence-corrected chi connectivity index (χ1v) is 7.00. The Morgan fingerprint density at radius 3 is 2.60 bits per heavy atom. The van der Waals surface area contributed by atoms with Crippen molar-refractivity contribution in [2.75, 3.05) is 0 Å². The summed E-state index contributed by atoms with van der Waals surface area (Å²) in [7, 11) is 0. The summed E-state index contributed by atoms with van der Waals surface area (Å²) in [5, 5.41) is 11.3. The Hall–Kier alpha value is -1.78. The third kappa shape index (κ3) is 2.11. The third-order valence-corrected chi connectivity index (χ3v) is 4.48. The molecule has 1 N–H and O–H groups in total. The molecule has 20 heavy (non-hydrogen) atoms. The van der Waals surface area contributed by atoms with Crippen molar-refractivity contribution >= 4 is 21.4 Å². The molecule has 1 unspecified atom stereocenters. The van der Waals surface area contributed by atoms with Crippen molar-refractivity contribution in [3.05, 3.63) is 70.1 Å². The van der Waals surface area contributed by atoms with E-state index >= 15 is 0 Å². The zero-order valence-electron chi connectivity index (χ0n) is 10.7. The zero-order valence-corrected chi connectivity index (χ0v) is 11.5. The van der Waals surface area contributed by atoms with Crippen LogP contribution in [0, 0.1) is 18.6 Å². The monoisotopic (exact) mass is 290 g/mol. The fraction of sp³-hybridized carbons (Fsp3) is 0.125. The Labute approximate surface area is 119 Å². The number of hydrogen-bond donors (Lipinski definition) is 1. The fourth-order valence-electron chi connectivity index (χ4n) is 2.21. The number of aryl methyl sites for hydroxylation is 1. The van der Waals surface area contributed by atoms with Gasteiger partial charge in [-0.2, -0.15) is 0 Å². The van der Waals surface area contributed by atoms with E-state index in [1.54, 1.807) is 13.0 Å². The lowest BCUT2D eigenvalue weighted by molar-refractivity contribution is 0.212. The lowest BCUT2D eigenvalue weighted by Gasteiger charge is -2.12. The van der Waals surface area contributed by atoms with Gasteiger partial charge in [0.05, 0.1) is 5.56 Å². The molecule has 1 aromatic heterocycles. The quantitative estimate of drug-likeness (QED) is 0.733. The average Bonchev–Trinajstić information content (AvgIpc) is 2.87. The first-order chi connectivity index (χ1) is 9.58. The molecule has 1 heterocycles. The highest BCUT2D eigenvalue weighted by molar-refractivity contribution is 7.19. The molecule has 0 aliphatic carbocycles. The molecule has 0 saturated heterocycles. The number of aliphatic hydroxyl groups is 1. The number of rotatable bonds is 2. The van der Waals surface area contributed by atoms with Gasteiger partial charge in [-0.25, -0.2) is 8.78 Å². The van der Waals surface area contributed by atoms with Gasteiger partial charge in [0.25, 0.3) is 0 Å². The van der Waals surface area contributed by atoms with Crippen LogP contribution in [0.15, 0.2) is 42.5 Å². The maximum Gasteiger partial charge on any atom is 0.135 e. The van der Waals surface area contributed by atoms with E-state index in [9.17, 15) is 13.9 Å². The highest BCUT2D eigenvalue weighted by Gasteiger charge is 2.22. The van der Waals surface area contributed by atoms with Crippen LogP contribution in [0.2, 0.25) is 0 Å². The van der Waals surface area contributed by atoms with E-state index in [0.717, 1.165) is 10.1 Å². The summed E-state index contributed by atoms with van der Waals surface area (Å²) in [6.45, 7) is 1.55. The molecule has 0 aliphatic heterocycles. The van der Waals surface area contributed by atoms with E-state index in [4.69, 9.17) is 0 Å². The van der Waals surface area contributed by atoms with Crippen LogP contribution in [0.4, 0.5) is 8.78 Å². The van der Waals surface area contributed by atoms with Gasteiger partial charge in [-0.3, -0.25) is 0 Å². The Bertz CT molecular complexity index is 746. The van der Waals surface area contributed by atoms with Gasteiger partial charge in [-0.15, -0.1) is 11.3 Å². The average molecular weight is 290 g/mol. The standard InChI is InChI=1S/C16H12F2OS/c1-9-6-7-11(17)14(15(9)18)16(19)13-8-10-4-2-3-5-12(10)20-13/h2-8,16,19H,1H3. The zero-order chi connectivity index (χ0) is 14.3. The van der Waals surface area contributed by atoms with E-state index in [0.29, 0.717) is 10.4 Å². The molecular weight excluding hydrogens is 278 g/mol. The van der Waals surface area contributed by atoms with E-state index in [1.807, 2.05) is 24.3 Å². The summed E-state index contributed by atoms with van der Waals surface area (Å²) in [5.41, 5.74) is 0.0399. The minimum atomic E-state index is -1.28. The van der Waals surface area contributed by atoms with Crippen LogP contribution < -0.4 is 0 Å². The van der Waals surface area contributed by atoms with E-state index in [2.05, 4.69) is 0 Å². The molecule has 0 spiro atoms. The van der Waals surface area contributed by atoms with Gasteiger partial charge in [0.15, 0.2) is 0 Å². The lowest BCUT2D eigenvalue weighted by Crippen LogP contribution is -2.05. The van der Waals surface area contributed by atoms with Gasteiger partial charge in [-0.1, -0.05) is 24.3 Å². The van der Waals surface area contributed by atoms with Gasteiger partial charge in [0.2, 0.25) is 0 Å². The number of aliphatic hydroxyl groups excluding tert-OH is 1. The van der Waals surface area contributed by atoms with Crippen LogP contribution in [0.1, 0.15) is 22.1 Å². The van der Waals surface area contributed by atoms with Gasteiger partial charge in [-0.05, 0) is 36.1 Å². The SMILES string of the molecule is Cc1ccc(F)c(C(O)c2cc3ccccc3s2)c1F. The third-order valence-electron chi connectivity index (χ3n) is 3.31. The number of fused-ring (bicyclic) bond motifs is 1. The maximum atomic E-state index is 14.1. The van der Waals surface area contributed by atoms with Gasteiger partial charge >= 0.3 is 0 Å². The Kier molecular flexibility index (Phi) is 3.28. The first kappa shape index (κ1) is 13.2. The van der Waals surface area contributed by atoms with Crippen molar-refractivity contribution in [2.24, 2.45) is 0 Å². The van der Waals surface area contributed by atoms with Gasteiger partial charge in [0.1, 0.15) is 17.7 Å². The predicted molar refractivity (Wildman–Crippen MR) is 77.0 cm³/mol. The second-order valence-corrected chi connectivity index (χ2v) is 5.80. The van der Waals surface area contributed by atoms with Crippen LogP contribution in [-0.4, -0.2) is 5.11 Å². The van der Waals surface area contributed by atoms with Crippen LogP contribution in [-0.2, 0) is 0 Å². The van der Waals surface area contributed by atoms with Crippen molar-refractivity contribution in [2.45, 2.75) is 13.0 Å². The summed E-state index contributed by atoms with van der Waals surface area (Å²) >= 11 is 1.34. The lowest BCUT2D eigenvalue weighted by atomic mass is 10.0. The molecule has 0 bridgehead atoms. The largest absolute Gasteiger partial charge is 0.383 e. The summed E-state index contributed by atoms with van der Waals surface area (Å²) < 4.78 is 28.9. The first-order valence-electron chi connectivity index (χ1n) is 6.19. The Morgan fingerprint density at radius 2 is 1.85 bits per heavy atom. The second-order valence-electron chi connectivity index (χ2n) is 4.68. The van der Waals surface area contributed by atoms with E-state index in [1.165, 1.54) is 23.5 Å². The highest BCUT2D eigenvalue weighted by Crippen LogP contribution is 2.35. The van der Waals surface area contributed by atoms with Crippen LogP contribution in [0.5, 0.6) is 0 Å². The van der Waals surface area contributed by atoms with E-state index in [-0.39, 0.29) is 5.56 Å². The maximum absolute atomic E-state index is 14.1. The molecular formula is C16H12F2OS. The molecule has 2 aromatic carbocycles. The molecule has 3 aromatic rings. The van der Waals surface area contributed by atoms with Crippen molar-refractivity contribution in [3.63, 3.8) is 0 Å². The molecule has 0 amide bonds. The smallest absolute Gasteiger partial charge is 0.135 e. The van der Waals surface area contributed by atoms with Crippen molar-refractivity contribution in [3.8, 4) is 0 Å². The fourth-order valence-corrected chi connectivity index (χ4v) is 3.27. The summed E-state index contributed by atoms with van der Waals surface area (Å²) in [5.74, 6) is -1.41. The minimum absolute atomic E-state index is 0.281. The number of thiophene rings is 1. The van der Waals surface area contributed by atoms with E-state index < -0.39 is 17.7 Å².